The molecule has 0 amide bonds. The van der Waals surface area contributed by atoms with Gasteiger partial charge in [0, 0.05) is 6.04 Å². The van der Waals surface area contributed by atoms with Gasteiger partial charge in [-0.1, -0.05) is 0 Å². The van der Waals surface area contributed by atoms with Gasteiger partial charge in [0.2, 0.25) is 0 Å². The highest BCUT2D eigenvalue weighted by molar-refractivity contribution is 4.93. The number of aliphatic hydroxyl groups excluding tert-OH is 4. The molecule has 0 aromatic carbocycles. The molecule has 12 heavy (non-hydrogen) atoms. The molecular weight excluding hydrogens is 162 g/mol. The predicted octanol–water partition coefficient (Wildman–Crippen LogP) is -2.58. The molecule has 1 fully saturated rings. The van der Waals surface area contributed by atoms with Gasteiger partial charge in [-0.2, -0.15) is 0 Å². The van der Waals surface area contributed by atoms with Gasteiger partial charge in [-0.15, -0.1) is 0 Å². The van der Waals surface area contributed by atoms with Crippen molar-refractivity contribution in [3.63, 3.8) is 0 Å². The Hall–Kier alpha value is -0.200. The molecule has 1 saturated heterocycles. The van der Waals surface area contributed by atoms with Crippen LogP contribution in [-0.4, -0.2) is 57.9 Å². The SMILES string of the molecule is OCC(O)[C@H]1C[C@H](O)[C@@H](CO)N1. The van der Waals surface area contributed by atoms with Gasteiger partial charge in [-0.05, 0) is 6.42 Å². The third-order valence-corrected chi connectivity index (χ3v) is 2.24. The van der Waals surface area contributed by atoms with Crippen LogP contribution in [0.5, 0.6) is 0 Å². The maximum absolute atomic E-state index is 9.29. The van der Waals surface area contributed by atoms with E-state index in [1.165, 1.54) is 0 Å². The molecule has 0 aromatic heterocycles. The average Bonchev–Trinajstić information content (AvgIpc) is 2.45. The third-order valence-electron chi connectivity index (χ3n) is 2.24. The Morgan fingerprint density at radius 2 is 2.08 bits per heavy atom. The maximum Gasteiger partial charge on any atom is 0.0924 e. The number of aliphatic hydroxyl groups is 4. The van der Waals surface area contributed by atoms with Crippen molar-refractivity contribution < 1.29 is 20.4 Å². The molecule has 1 aliphatic rings. The third kappa shape index (κ3) is 1.94. The fourth-order valence-corrected chi connectivity index (χ4v) is 1.45. The van der Waals surface area contributed by atoms with Gasteiger partial charge in [-0.25, -0.2) is 0 Å². The zero-order valence-corrected chi connectivity index (χ0v) is 6.72. The second-order valence-corrected chi connectivity index (χ2v) is 3.12. The lowest BCUT2D eigenvalue weighted by atomic mass is 10.1. The lowest BCUT2D eigenvalue weighted by molar-refractivity contribution is 0.0641. The summed E-state index contributed by atoms with van der Waals surface area (Å²) in [5, 5.41) is 38.7. The molecule has 0 bridgehead atoms. The molecule has 4 atom stereocenters. The Balaban J connectivity index is 2.42. The van der Waals surface area contributed by atoms with E-state index < -0.39 is 12.2 Å². The van der Waals surface area contributed by atoms with Crippen LogP contribution < -0.4 is 5.32 Å². The van der Waals surface area contributed by atoms with E-state index in [9.17, 15) is 10.2 Å². The molecule has 0 saturated carbocycles. The summed E-state index contributed by atoms with van der Waals surface area (Å²) in [6.07, 6.45) is -1.13. The van der Waals surface area contributed by atoms with Crippen LogP contribution in [-0.2, 0) is 0 Å². The van der Waals surface area contributed by atoms with Crippen LogP contribution in [0.4, 0.5) is 0 Å². The zero-order valence-electron chi connectivity index (χ0n) is 6.72. The molecule has 0 spiro atoms. The molecule has 1 aliphatic heterocycles. The Morgan fingerprint density at radius 3 is 2.50 bits per heavy atom. The van der Waals surface area contributed by atoms with Gasteiger partial charge >= 0.3 is 0 Å². The molecule has 5 heteroatoms. The first kappa shape index (κ1) is 9.88. The Labute approximate surface area is 70.6 Å². The van der Waals surface area contributed by atoms with E-state index in [0.29, 0.717) is 6.42 Å². The fraction of sp³-hybridized carbons (Fsp3) is 1.00. The topological polar surface area (TPSA) is 93.0 Å². The monoisotopic (exact) mass is 177 g/mol. The molecule has 72 valence electrons. The summed E-state index contributed by atoms with van der Waals surface area (Å²) in [6, 6.07) is -0.696. The van der Waals surface area contributed by atoms with E-state index in [0.717, 1.165) is 0 Å². The summed E-state index contributed by atoms with van der Waals surface area (Å²) in [6.45, 7) is -0.488. The van der Waals surface area contributed by atoms with Crippen molar-refractivity contribution in [2.45, 2.75) is 30.7 Å². The quantitative estimate of drug-likeness (QED) is 0.326. The molecule has 0 aromatic rings. The van der Waals surface area contributed by atoms with Crippen molar-refractivity contribution in [2.24, 2.45) is 0 Å². The highest BCUT2D eigenvalue weighted by Crippen LogP contribution is 2.15. The first-order valence-corrected chi connectivity index (χ1v) is 4.03. The molecule has 1 rings (SSSR count). The standard InChI is InChI=1S/C7H15NO4/c9-2-5-6(11)1-4(8-5)7(12)3-10/h4-12H,1-3H2/t4-,5-,6+,7?/m1/s1. The Morgan fingerprint density at radius 1 is 1.42 bits per heavy atom. The van der Waals surface area contributed by atoms with E-state index in [1.807, 2.05) is 0 Å². The van der Waals surface area contributed by atoms with Gasteiger partial charge in [0.15, 0.2) is 0 Å². The largest absolute Gasteiger partial charge is 0.395 e. The summed E-state index contributed by atoms with van der Waals surface area (Å²) in [5.41, 5.74) is 0. The van der Waals surface area contributed by atoms with E-state index in [2.05, 4.69) is 5.32 Å². The first-order chi connectivity index (χ1) is 5.69. The molecule has 1 unspecified atom stereocenters. The van der Waals surface area contributed by atoms with Gasteiger partial charge in [-0.3, -0.25) is 0 Å². The average molecular weight is 177 g/mol. The van der Waals surface area contributed by atoms with Crippen LogP contribution in [0, 0.1) is 0 Å². The van der Waals surface area contributed by atoms with E-state index >= 15 is 0 Å². The molecule has 1 heterocycles. The summed E-state index contributed by atoms with van der Waals surface area (Å²) in [7, 11) is 0. The predicted molar refractivity (Wildman–Crippen MR) is 41.5 cm³/mol. The second-order valence-electron chi connectivity index (χ2n) is 3.12. The zero-order chi connectivity index (χ0) is 9.14. The molecule has 0 aliphatic carbocycles. The lowest BCUT2D eigenvalue weighted by Crippen LogP contribution is -2.42. The molecular formula is C7H15NO4. The van der Waals surface area contributed by atoms with E-state index in [4.69, 9.17) is 10.2 Å². The lowest BCUT2D eigenvalue weighted by Gasteiger charge is -2.16. The van der Waals surface area contributed by atoms with Gasteiger partial charge < -0.3 is 25.7 Å². The van der Waals surface area contributed by atoms with E-state index in [-0.39, 0.29) is 25.3 Å². The summed E-state index contributed by atoms with van der Waals surface area (Å²) in [4.78, 5) is 0. The smallest absolute Gasteiger partial charge is 0.0924 e. The molecule has 0 radical (unpaired) electrons. The van der Waals surface area contributed by atoms with Crippen molar-refractivity contribution in [3.8, 4) is 0 Å². The molecule has 5 N–H and O–H groups in total. The summed E-state index contributed by atoms with van der Waals surface area (Å²) >= 11 is 0. The summed E-state index contributed by atoms with van der Waals surface area (Å²) < 4.78 is 0. The van der Waals surface area contributed by atoms with Crippen LogP contribution in [0.2, 0.25) is 0 Å². The van der Waals surface area contributed by atoms with E-state index in [1.54, 1.807) is 0 Å². The Kier molecular flexibility index (Phi) is 3.42. The second kappa shape index (κ2) is 4.15. The van der Waals surface area contributed by atoms with Gasteiger partial charge in [0.25, 0.3) is 0 Å². The minimum absolute atomic E-state index is 0.157. The minimum Gasteiger partial charge on any atom is -0.395 e. The van der Waals surface area contributed by atoms with Gasteiger partial charge in [0.1, 0.15) is 0 Å². The number of hydrogen-bond acceptors (Lipinski definition) is 5. The normalized spacial score (nSPS) is 38.5. The highest BCUT2D eigenvalue weighted by atomic mass is 16.3. The Bertz CT molecular complexity index is 143. The highest BCUT2D eigenvalue weighted by Gasteiger charge is 2.35. The fourth-order valence-electron chi connectivity index (χ4n) is 1.45. The van der Waals surface area contributed by atoms with Gasteiger partial charge in [0.05, 0.1) is 31.5 Å². The number of hydrogen-bond donors (Lipinski definition) is 5. The van der Waals surface area contributed by atoms with Crippen LogP contribution in [0.15, 0.2) is 0 Å². The van der Waals surface area contributed by atoms with Crippen molar-refractivity contribution >= 4 is 0 Å². The number of rotatable bonds is 3. The first-order valence-electron chi connectivity index (χ1n) is 4.03. The van der Waals surface area contributed by atoms with Crippen molar-refractivity contribution in [1.29, 1.82) is 0 Å². The minimum atomic E-state index is -0.865. The van der Waals surface area contributed by atoms with Crippen molar-refractivity contribution in [1.82, 2.24) is 5.32 Å². The summed E-state index contributed by atoms with van der Waals surface area (Å²) in [5.74, 6) is 0. The van der Waals surface area contributed by atoms with Crippen LogP contribution in [0.3, 0.4) is 0 Å². The van der Waals surface area contributed by atoms with Crippen molar-refractivity contribution in [2.75, 3.05) is 13.2 Å². The maximum atomic E-state index is 9.29. The van der Waals surface area contributed by atoms with Crippen LogP contribution >= 0.6 is 0 Å². The molecule has 5 nitrogen and oxygen atoms in total. The van der Waals surface area contributed by atoms with Crippen LogP contribution in [0.25, 0.3) is 0 Å². The number of nitrogens with one attached hydrogen (secondary N) is 1. The van der Waals surface area contributed by atoms with Crippen LogP contribution in [0.1, 0.15) is 6.42 Å². The van der Waals surface area contributed by atoms with Crippen molar-refractivity contribution in [3.05, 3.63) is 0 Å².